The van der Waals surface area contributed by atoms with E-state index in [1.165, 1.54) is 24.1 Å². The van der Waals surface area contributed by atoms with Gasteiger partial charge in [-0.25, -0.2) is 8.42 Å². The minimum Gasteiger partial charge on any atom is -0.495 e. The van der Waals surface area contributed by atoms with Crippen LogP contribution in [0.3, 0.4) is 0 Å². The smallest absolute Gasteiger partial charge is 0.271 e. The van der Waals surface area contributed by atoms with E-state index in [9.17, 15) is 28.1 Å². The third kappa shape index (κ3) is 7.41. The van der Waals surface area contributed by atoms with Crippen LogP contribution in [0, 0.1) is 17.0 Å². The van der Waals surface area contributed by atoms with Crippen LogP contribution in [0.15, 0.2) is 42.5 Å². The zero-order valence-electron chi connectivity index (χ0n) is 21.1. The van der Waals surface area contributed by atoms with Crippen LogP contribution in [0.4, 0.5) is 11.4 Å². The van der Waals surface area contributed by atoms with Crippen LogP contribution in [0.5, 0.6) is 5.75 Å². The van der Waals surface area contributed by atoms with E-state index >= 15 is 0 Å². The molecule has 0 aromatic heterocycles. The van der Waals surface area contributed by atoms with Crippen molar-refractivity contribution in [1.82, 2.24) is 10.2 Å². The number of methoxy groups -OCH3 is 1. The number of rotatable bonds is 12. The lowest BCUT2D eigenvalue weighted by molar-refractivity contribution is -0.384. The Morgan fingerprint density at radius 1 is 1.19 bits per heavy atom. The van der Waals surface area contributed by atoms with Crippen LogP contribution in [0.25, 0.3) is 0 Å². The molecule has 1 N–H and O–H groups in total. The van der Waals surface area contributed by atoms with E-state index in [2.05, 4.69) is 5.32 Å². The highest BCUT2D eigenvalue weighted by molar-refractivity contribution is 7.92. The SMILES string of the molecule is CCCNC(=O)C(C)N(Cc1cccc(C)c1)C(=O)CN(c1cc([N+](=O)[O-])ccc1OC)S(C)(=O)=O. The van der Waals surface area contributed by atoms with Gasteiger partial charge in [-0.3, -0.25) is 24.0 Å². The van der Waals surface area contributed by atoms with Gasteiger partial charge in [0.2, 0.25) is 21.8 Å². The maximum Gasteiger partial charge on any atom is 0.271 e. The first-order valence-electron chi connectivity index (χ1n) is 11.3. The van der Waals surface area contributed by atoms with Gasteiger partial charge in [0.15, 0.2) is 0 Å². The highest BCUT2D eigenvalue weighted by Gasteiger charge is 2.31. The summed E-state index contributed by atoms with van der Waals surface area (Å²) in [6, 6.07) is 9.97. The van der Waals surface area contributed by atoms with Crippen molar-refractivity contribution in [3.63, 3.8) is 0 Å². The molecule has 1 atom stereocenters. The second-order valence-electron chi connectivity index (χ2n) is 8.36. The summed E-state index contributed by atoms with van der Waals surface area (Å²) < 4.78 is 31.4. The minimum absolute atomic E-state index is 0.0396. The molecule has 11 nitrogen and oxygen atoms in total. The molecule has 1 unspecified atom stereocenters. The van der Waals surface area contributed by atoms with Crippen molar-refractivity contribution in [3.8, 4) is 5.75 Å². The van der Waals surface area contributed by atoms with Gasteiger partial charge in [-0.1, -0.05) is 36.8 Å². The molecular weight excluding hydrogens is 488 g/mol. The number of nitro benzene ring substituents is 1. The molecule has 0 aliphatic carbocycles. The van der Waals surface area contributed by atoms with E-state index in [-0.39, 0.29) is 29.6 Å². The zero-order chi connectivity index (χ0) is 27.0. The van der Waals surface area contributed by atoms with E-state index in [1.807, 2.05) is 38.1 Å². The number of benzene rings is 2. The first-order chi connectivity index (χ1) is 16.9. The van der Waals surface area contributed by atoms with Gasteiger partial charge in [0.1, 0.15) is 24.0 Å². The quantitative estimate of drug-likeness (QED) is 0.335. The van der Waals surface area contributed by atoms with Crippen LogP contribution in [-0.2, 0) is 26.2 Å². The van der Waals surface area contributed by atoms with Crippen LogP contribution in [-0.4, -0.2) is 62.6 Å². The molecule has 0 fully saturated rings. The van der Waals surface area contributed by atoms with E-state index in [4.69, 9.17) is 4.74 Å². The number of non-ortho nitro benzene ring substituents is 1. The Morgan fingerprint density at radius 2 is 1.89 bits per heavy atom. The van der Waals surface area contributed by atoms with Gasteiger partial charge in [0, 0.05) is 25.2 Å². The molecule has 0 spiro atoms. The van der Waals surface area contributed by atoms with Gasteiger partial charge in [-0.15, -0.1) is 0 Å². The van der Waals surface area contributed by atoms with Gasteiger partial charge in [-0.2, -0.15) is 0 Å². The Hall–Kier alpha value is -3.67. The second kappa shape index (κ2) is 12.3. The number of hydrogen-bond acceptors (Lipinski definition) is 7. The van der Waals surface area contributed by atoms with Crippen molar-refractivity contribution < 1.29 is 27.7 Å². The number of ether oxygens (including phenoxy) is 1. The van der Waals surface area contributed by atoms with Crippen molar-refractivity contribution in [2.24, 2.45) is 0 Å². The van der Waals surface area contributed by atoms with Gasteiger partial charge >= 0.3 is 0 Å². The van der Waals surface area contributed by atoms with Gasteiger partial charge < -0.3 is 15.0 Å². The van der Waals surface area contributed by atoms with E-state index < -0.39 is 33.4 Å². The molecule has 196 valence electrons. The van der Waals surface area contributed by atoms with Gasteiger partial charge in [0.25, 0.3) is 5.69 Å². The number of nitro groups is 1. The Bertz CT molecular complexity index is 1220. The molecule has 12 heteroatoms. The van der Waals surface area contributed by atoms with Crippen molar-refractivity contribution >= 4 is 33.2 Å². The number of sulfonamides is 1. The average molecular weight is 521 g/mol. The van der Waals surface area contributed by atoms with E-state index in [1.54, 1.807) is 6.92 Å². The number of hydrogen-bond donors (Lipinski definition) is 1. The first-order valence-corrected chi connectivity index (χ1v) is 13.2. The average Bonchev–Trinajstić information content (AvgIpc) is 2.82. The summed E-state index contributed by atoms with van der Waals surface area (Å²) in [5, 5.41) is 14.1. The summed E-state index contributed by atoms with van der Waals surface area (Å²) in [6.45, 7) is 5.16. The fourth-order valence-corrected chi connectivity index (χ4v) is 4.41. The predicted molar refractivity (Wildman–Crippen MR) is 136 cm³/mol. The first kappa shape index (κ1) is 28.6. The molecule has 2 amide bonds. The summed E-state index contributed by atoms with van der Waals surface area (Å²) >= 11 is 0. The minimum atomic E-state index is -4.08. The number of aryl methyl sites for hydroxylation is 1. The maximum absolute atomic E-state index is 13.6. The second-order valence-corrected chi connectivity index (χ2v) is 10.3. The highest BCUT2D eigenvalue weighted by atomic mass is 32.2. The molecule has 0 saturated carbocycles. The normalized spacial score (nSPS) is 11.9. The number of nitrogens with one attached hydrogen (secondary N) is 1. The molecule has 0 radical (unpaired) electrons. The molecule has 36 heavy (non-hydrogen) atoms. The van der Waals surface area contributed by atoms with Crippen molar-refractivity contribution in [1.29, 1.82) is 0 Å². The molecule has 0 bridgehead atoms. The summed E-state index contributed by atoms with van der Waals surface area (Å²) in [5.74, 6) is -0.996. The molecule has 2 aromatic carbocycles. The van der Waals surface area contributed by atoms with Gasteiger partial charge in [0.05, 0.1) is 18.3 Å². The van der Waals surface area contributed by atoms with Crippen LogP contribution >= 0.6 is 0 Å². The third-order valence-corrected chi connectivity index (χ3v) is 6.60. The lowest BCUT2D eigenvalue weighted by Crippen LogP contribution is -2.51. The fraction of sp³-hybridized carbons (Fsp3) is 0.417. The van der Waals surface area contributed by atoms with E-state index in [0.717, 1.165) is 27.8 Å². The topological polar surface area (TPSA) is 139 Å². The summed E-state index contributed by atoms with van der Waals surface area (Å²) in [4.78, 5) is 38.2. The van der Waals surface area contributed by atoms with Crippen LogP contribution < -0.4 is 14.4 Å². The number of carbonyl (C=O) groups excluding carboxylic acids is 2. The number of amides is 2. The Morgan fingerprint density at radius 3 is 2.44 bits per heavy atom. The van der Waals surface area contributed by atoms with E-state index in [0.29, 0.717) is 13.0 Å². The number of carbonyl (C=O) groups is 2. The van der Waals surface area contributed by atoms with Crippen molar-refractivity contribution in [2.45, 2.75) is 39.8 Å². The van der Waals surface area contributed by atoms with Crippen molar-refractivity contribution in [3.05, 3.63) is 63.7 Å². The molecule has 2 rings (SSSR count). The molecule has 0 saturated heterocycles. The molecular formula is C24H32N4O7S. The summed E-state index contributed by atoms with van der Waals surface area (Å²) in [6.07, 6.45) is 1.60. The van der Waals surface area contributed by atoms with Crippen molar-refractivity contribution in [2.75, 3.05) is 30.8 Å². The fourth-order valence-electron chi connectivity index (χ4n) is 3.57. The van der Waals surface area contributed by atoms with Crippen LogP contribution in [0.2, 0.25) is 0 Å². The molecule has 0 aliphatic rings. The zero-order valence-corrected chi connectivity index (χ0v) is 21.9. The van der Waals surface area contributed by atoms with Gasteiger partial charge in [-0.05, 0) is 31.9 Å². The largest absolute Gasteiger partial charge is 0.495 e. The predicted octanol–water partition coefficient (Wildman–Crippen LogP) is 2.62. The standard InChI is InChI=1S/C24H32N4O7S/c1-6-12-25-24(30)18(3)26(15-19-9-7-8-17(2)13-19)23(29)16-27(36(5,33)34)21-14-20(28(31)32)10-11-22(21)35-4/h7-11,13-14,18H,6,12,15-16H2,1-5H3,(H,25,30). The molecule has 0 aliphatic heterocycles. The molecule has 2 aromatic rings. The Kier molecular flexibility index (Phi) is 9.79. The third-order valence-electron chi connectivity index (χ3n) is 5.47. The lowest BCUT2D eigenvalue weighted by atomic mass is 10.1. The molecule has 0 heterocycles. The van der Waals surface area contributed by atoms with Crippen LogP contribution in [0.1, 0.15) is 31.4 Å². The summed E-state index contributed by atoms with van der Waals surface area (Å²) in [7, 11) is -2.79. The number of anilines is 1. The summed E-state index contributed by atoms with van der Waals surface area (Å²) in [5.41, 5.74) is 1.20. The Balaban J connectivity index is 2.50. The number of nitrogens with zero attached hydrogens (tertiary/aromatic N) is 3. The highest BCUT2D eigenvalue weighted by Crippen LogP contribution is 2.33. The maximum atomic E-state index is 13.6. The lowest BCUT2D eigenvalue weighted by Gasteiger charge is -2.31. The Labute approximate surface area is 211 Å². The monoisotopic (exact) mass is 520 g/mol.